The number of rotatable bonds is 5. The number of alkyl halides is 3. The number of hydrogen-bond donors (Lipinski definition) is 2. The maximum atomic E-state index is 12.1. The lowest BCUT2D eigenvalue weighted by Gasteiger charge is -2.25. The molecule has 1 atom stereocenters. The highest BCUT2D eigenvalue weighted by Crippen LogP contribution is 2.29. The number of nitrogens with two attached hydrogens (primary N) is 1. The lowest BCUT2D eigenvalue weighted by Crippen LogP contribution is -2.41. The summed E-state index contributed by atoms with van der Waals surface area (Å²) in [5.74, 6) is 5.93. The molecular weight excluding hydrogens is 229 g/mol. The molecule has 0 bridgehead atoms. The van der Waals surface area contributed by atoms with Gasteiger partial charge in [-0.2, -0.15) is 13.2 Å². The van der Waals surface area contributed by atoms with Gasteiger partial charge in [0.2, 0.25) is 0 Å². The van der Waals surface area contributed by atoms with Gasteiger partial charge in [-0.25, -0.2) is 0 Å². The van der Waals surface area contributed by atoms with Crippen molar-refractivity contribution in [1.29, 1.82) is 0 Å². The lowest BCUT2D eigenvalue weighted by atomic mass is 9.89. The third kappa shape index (κ3) is 6.27. The van der Waals surface area contributed by atoms with E-state index in [1.807, 2.05) is 0 Å². The molecule has 0 heterocycles. The fourth-order valence-corrected chi connectivity index (χ4v) is 2.69. The summed E-state index contributed by atoms with van der Waals surface area (Å²) in [4.78, 5) is 0. The fourth-order valence-electron chi connectivity index (χ4n) is 2.69. The molecular formula is C12H23F3N2. The molecule has 1 aliphatic carbocycles. The third-order valence-electron chi connectivity index (χ3n) is 3.66. The summed E-state index contributed by atoms with van der Waals surface area (Å²) in [6.07, 6.45) is 3.02. The van der Waals surface area contributed by atoms with Crippen LogP contribution in [-0.4, -0.2) is 12.2 Å². The van der Waals surface area contributed by atoms with E-state index in [9.17, 15) is 13.2 Å². The van der Waals surface area contributed by atoms with E-state index in [1.54, 1.807) is 0 Å². The minimum Gasteiger partial charge on any atom is -0.271 e. The Bertz CT molecular complexity index is 198. The molecule has 3 N–H and O–H groups in total. The highest BCUT2D eigenvalue weighted by atomic mass is 19.4. The van der Waals surface area contributed by atoms with Gasteiger partial charge in [-0.15, -0.1) is 0 Å². The summed E-state index contributed by atoms with van der Waals surface area (Å²) >= 11 is 0. The van der Waals surface area contributed by atoms with Gasteiger partial charge in [-0.3, -0.25) is 11.3 Å². The van der Waals surface area contributed by atoms with Crippen LogP contribution in [0.4, 0.5) is 13.2 Å². The molecule has 2 nitrogen and oxygen atoms in total. The molecule has 1 rings (SSSR count). The number of hydrogen-bond acceptors (Lipinski definition) is 2. The van der Waals surface area contributed by atoms with Crippen molar-refractivity contribution in [2.75, 3.05) is 0 Å². The maximum Gasteiger partial charge on any atom is 0.389 e. The highest BCUT2D eigenvalue weighted by molar-refractivity contribution is 4.77. The zero-order valence-corrected chi connectivity index (χ0v) is 10.2. The van der Waals surface area contributed by atoms with Gasteiger partial charge in [0.25, 0.3) is 0 Å². The Kier molecular flexibility index (Phi) is 6.27. The van der Waals surface area contributed by atoms with Crippen molar-refractivity contribution in [2.45, 2.75) is 70.0 Å². The van der Waals surface area contributed by atoms with E-state index < -0.39 is 12.6 Å². The maximum absolute atomic E-state index is 12.1. The number of hydrazine groups is 1. The van der Waals surface area contributed by atoms with E-state index in [0.29, 0.717) is 12.3 Å². The molecule has 17 heavy (non-hydrogen) atoms. The van der Waals surface area contributed by atoms with Crippen molar-refractivity contribution < 1.29 is 13.2 Å². The molecule has 0 saturated heterocycles. The van der Waals surface area contributed by atoms with Crippen LogP contribution in [0.25, 0.3) is 0 Å². The molecule has 1 aliphatic rings. The Hall–Kier alpha value is -0.290. The van der Waals surface area contributed by atoms with E-state index in [-0.39, 0.29) is 12.5 Å². The summed E-state index contributed by atoms with van der Waals surface area (Å²) in [6, 6.07) is 0.0513. The Morgan fingerprint density at radius 1 is 1.12 bits per heavy atom. The van der Waals surface area contributed by atoms with Gasteiger partial charge in [0.05, 0.1) is 0 Å². The van der Waals surface area contributed by atoms with Crippen molar-refractivity contribution in [3.63, 3.8) is 0 Å². The van der Waals surface area contributed by atoms with Crippen molar-refractivity contribution >= 4 is 0 Å². The summed E-state index contributed by atoms with van der Waals surface area (Å²) in [6.45, 7) is 0. The van der Waals surface area contributed by atoms with Crippen LogP contribution >= 0.6 is 0 Å². The van der Waals surface area contributed by atoms with Gasteiger partial charge in [-0.05, 0) is 31.6 Å². The van der Waals surface area contributed by atoms with Crippen LogP contribution in [0.2, 0.25) is 0 Å². The molecule has 1 unspecified atom stereocenters. The largest absolute Gasteiger partial charge is 0.389 e. The minimum atomic E-state index is -4.04. The van der Waals surface area contributed by atoms with Crippen molar-refractivity contribution in [2.24, 2.45) is 11.8 Å². The second-order valence-corrected chi connectivity index (χ2v) is 5.03. The molecule has 0 aromatic heterocycles. The summed E-state index contributed by atoms with van der Waals surface area (Å²) in [5, 5.41) is 0. The van der Waals surface area contributed by atoms with Crippen LogP contribution in [-0.2, 0) is 0 Å². The van der Waals surface area contributed by atoms with Crippen molar-refractivity contribution in [3.8, 4) is 0 Å². The predicted molar refractivity (Wildman–Crippen MR) is 62.2 cm³/mol. The zero-order valence-electron chi connectivity index (χ0n) is 10.2. The minimum absolute atomic E-state index is 0.0513. The SMILES string of the molecule is NNC(CCCC(F)(F)F)C1CCCCCC1. The Morgan fingerprint density at radius 2 is 1.71 bits per heavy atom. The Balaban J connectivity index is 2.31. The first kappa shape index (κ1) is 14.8. The van der Waals surface area contributed by atoms with E-state index in [1.165, 1.54) is 25.7 Å². The predicted octanol–water partition coefficient (Wildman–Crippen LogP) is 3.52. The highest BCUT2D eigenvalue weighted by Gasteiger charge is 2.28. The van der Waals surface area contributed by atoms with Crippen LogP contribution < -0.4 is 11.3 Å². The van der Waals surface area contributed by atoms with Crippen LogP contribution in [0.3, 0.4) is 0 Å². The molecule has 0 spiro atoms. The van der Waals surface area contributed by atoms with Gasteiger partial charge in [0.1, 0.15) is 0 Å². The fraction of sp³-hybridized carbons (Fsp3) is 1.00. The Labute approximate surface area is 101 Å². The van der Waals surface area contributed by atoms with E-state index in [4.69, 9.17) is 5.84 Å². The monoisotopic (exact) mass is 252 g/mol. The third-order valence-corrected chi connectivity index (χ3v) is 3.66. The van der Waals surface area contributed by atoms with E-state index >= 15 is 0 Å². The molecule has 0 radical (unpaired) electrons. The molecule has 5 heteroatoms. The van der Waals surface area contributed by atoms with E-state index in [0.717, 1.165) is 12.8 Å². The first-order chi connectivity index (χ1) is 8.03. The van der Waals surface area contributed by atoms with Gasteiger partial charge in [0, 0.05) is 12.5 Å². The topological polar surface area (TPSA) is 38.0 Å². The number of nitrogens with one attached hydrogen (secondary N) is 1. The first-order valence-electron chi connectivity index (χ1n) is 6.56. The average molecular weight is 252 g/mol. The molecule has 0 amide bonds. The van der Waals surface area contributed by atoms with Gasteiger partial charge in [-0.1, -0.05) is 25.7 Å². The molecule has 102 valence electrons. The normalized spacial score (nSPS) is 21.2. The van der Waals surface area contributed by atoms with Crippen LogP contribution in [0.15, 0.2) is 0 Å². The zero-order chi connectivity index (χ0) is 12.7. The second-order valence-electron chi connectivity index (χ2n) is 5.03. The quantitative estimate of drug-likeness (QED) is 0.446. The lowest BCUT2D eigenvalue weighted by molar-refractivity contribution is -0.136. The number of halogens is 3. The molecule has 0 aliphatic heterocycles. The summed E-state index contributed by atoms with van der Waals surface area (Å²) in [5.41, 5.74) is 2.72. The van der Waals surface area contributed by atoms with Crippen LogP contribution in [0.1, 0.15) is 57.8 Å². The Morgan fingerprint density at radius 3 is 2.18 bits per heavy atom. The van der Waals surface area contributed by atoms with Gasteiger partial charge in [0.15, 0.2) is 0 Å². The van der Waals surface area contributed by atoms with Gasteiger partial charge < -0.3 is 0 Å². The van der Waals surface area contributed by atoms with Gasteiger partial charge >= 0.3 is 6.18 Å². The van der Waals surface area contributed by atoms with Crippen molar-refractivity contribution in [1.82, 2.24) is 5.43 Å². The molecule has 1 saturated carbocycles. The van der Waals surface area contributed by atoms with E-state index in [2.05, 4.69) is 5.43 Å². The van der Waals surface area contributed by atoms with Crippen LogP contribution in [0.5, 0.6) is 0 Å². The molecule has 1 fully saturated rings. The molecule has 0 aromatic carbocycles. The summed E-state index contributed by atoms with van der Waals surface area (Å²) in [7, 11) is 0. The van der Waals surface area contributed by atoms with Crippen molar-refractivity contribution in [3.05, 3.63) is 0 Å². The standard InChI is InChI=1S/C12H23F3N2/c13-12(14,15)9-5-8-11(17-16)10-6-3-1-2-4-7-10/h10-11,17H,1-9,16H2. The second kappa shape index (κ2) is 7.21. The first-order valence-corrected chi connectivity index (χ1v) is 6.56. The van der Waals surface area contributed by atoms with Crippen LogP contribution in [0, 0.1) is 5.92 Å². The summed E-state index contributed by atoms with van der Waals surface area (Å²) < 4.78 is 36.2. The average Bonchev–Trinajstić information content (AvgIpc) is 2.51. The molecule has 0 aromatic rings. The smallest absolute Gasteiger partial charge is 0.271 e.